The number of carbonyl (C=O) groups is 1. The van der Waals surface area contributed by atoms with Crippen molar-refractivity contribution in [3.8, 4) is 5.69 Å². The van der Waals surface area contributed by atoms with Crippen molar-refractivity contribution in [2.45, 2.75) is 12.7 Å². The number of rotatable bonds is 5. The molecule has 0 spiro atoms. The lowest BCUT2D eigenvalue weighted by Gasteiger charge is -2.10. The average molecular weight is 390 g/mol. The number of nitrogens with zero attached hydrogens (tertiary/aromatic N) is 3. The lowest BCUT2D eigenvalue weighted by Crippen LogP contribution is -2.23. The largest absolute Gasteiger partial charge is 0.416 e. The number of amides is 1. The summed E-state index contributed by atoms with van der Waals surface area (Å²) in [5.41, 5.74) is -0.614. The van der Waals surface area contributed by atoms with Gasteiger partial charge in [-0.05, 0) is 29.8 Å². The molecule has 0 saturated heterocycles. The number of aromatic nitrogens is 2. The van der Waals surface area contributed by atoms with Crippen LogP contribution in [0.15, 0.2) is 61.2 Å². The minimum atomic E-state index is -4.48. The number of benzene rings is 2. The highest BCUT2D eigenvalue weighted by Crippen LogP contribution is 2.29. The molecule has 0 aliphatic rings. The molecule has 0 aliphatic heterocycles. The second-order valence-electron chi connectivity index (χ2n) is 5.81. The van der Waals surface area contributed by atoms with Crippen LogP contribution in [0.2, 0.25) is 0 Å². The van der Waals surface area contributed by atoms with Crippen LogP contribution in [0.3, 0.4) is 0 Å². The first-order valence-electron chi connectivity index (χ1n) is 7.97. The Balaban J connectivity index is 1.78. The number of carbonyl (C=O) groups excluding carboxylic acids is 1. The Morgan fingerprint density at radius 2 is 2.00 bits per heavy atom. The smallest absolute Gasteiger partial charge is 0.348 e. The molecule has 3 rings (SSSR count). The molecule has 10 heteroatoms. The molecule has 0 saturated carbocycles. The molecule has 1 heterocycles. The Hall–Kier alpha value is -3.69. The van der Waals surface area contributed by atoms with E-state index in [9.17, 15) is 28.1 Å². The second-order valence-corrected chi connectivity index (χ2v) is 5.81. The Morgan fingerprint density at radius 1 is 1.21 bits per heavy atom. The first kappa shape index (κ1) is 19.1. The molecular weight excluding hydrogens is 377 g/mol. The zero-order valence-corrected chi connectivity index (χ0v) is 14.2. The van der Waals surface area contributed by atoms with Gasteiger partial charge < -0.3 is 9.88 Å². The highest BCUT2D eigenvalue weighted by atomic mass is 19.4. The molecule has 1 amide bonds. The SMILES string of the molecule is O=C(NCc1cccc(C(F)(F)F)c1)c1ccc(-n2ccnc2)c([N+](=O)[O-])c1. The van der Waals surface area contributed by atoms with E-state index in [0.717, 1.165) is 18.2 Å². The summed E-state index contributed by atoms with van der Waals surface area (Å²) in [5, 5.41) is 13.8. The number of halogens is 3. The van der Waals surface area contributed by atoms with Gasteiger partial charge in [-0.2, -0.15) is 13.2 Å². The number of nitro benzene ring substituents is 1. The molecule has 0 radical (unpaired) electrons. The van der Waals surface area contributed by atoms with Gasteiger partial charge in [0.2, 0.25) is 0 Å². The van der Waals surface area contributed by atoms with Crippen molar-refractivity contribution in [1.82, 2.24) is 14.9 Å². The van der Waals surface area contributed by atoms with Gasteiger partial charge in [0.15, 0.2) is 0 Å². The predicted octanol–water partition coefficient (Wildman–Crippen LogP) is 3.73. The lowest BCUT2D eigenvalue weighted by molar-refractivity contribution is -0.384. The van der Waals surface area contributed by atoms with E-state index >= 15 is 0 Å². The molecule has 2 aromatic carbocycles. The van der Waals surface area contributed by atoms with Gasteiger partial charge in [0.05, 0.1) is 16.8 Å². The molecular formula is C18H13F3N4O3. The first-order chi connectivity index (χ1) is 13.3. The monoisotopic (exact) mass is 390 g/mol. The maximum atomic E-state index is 12.7. The van der Waals surface area contributed by atoms with Gasteiger partial charge in [-0.1, -0.05) is 12.1 Å². The Labute approximate surface area is 156 Å². The average Bonchev–Trinajstić information content (AvgIpc) is 3.19. The van der Waals surface area contributed by atoms with Crippen LogP contribution < -0.4 is 5.32 Å². The van der Waals surface area contributed by atoms with E-state index in [2.05, 4.69) is 10.3 Å². The van der Waals surface area contributed by atoms with E-state index in [-0.39, 0.29) is 29.0 Å². The fourth-order valence-corrected chi connectivity index (χ4v) is 2.57. The fraction of sp³-hybridized carbons (Fsp3) is 0.111. The maximum Gasteiger partial charge on any atom is 0.416 e. The van der Waals surface area contributed by atoms with Crippen LogP contribution in [0.25, 0.3) is 5.69 Å². The van der Waals surface area contributed by atoms with Crippen molar-refractivity contribution in [1.29, 1.82) is 0 Å². The van der Waals surface area contributed by atoms with Crippen molar-refractivity contribution in [3.05, 3.63) is 88.0 Å². The first-order valence-corrected chi connectivity index (χ1v) is 7.97. The third-order valence-corrected chi connectivity index (χ3v) is 3.92. The van der Waals surface area contributed by atoms with Gasteiger partial charge in [-0.15, -0.1) is 0 Å². The van der Waals surface area contributed by atoms with Crippen LogP contribution in [0.4, 0.5) is 18.9 Å². The maximum absolute atomic E-state index is 12.7. The molecule has 144 valence electrons. The molecule has 1 aromatic heterocycles. The summed E-state index contributed by atoms with van der Waals surface area (Å²) in [5.74, 6) is -0.641. The van der Waals surface area contributed by atoms with Crippen LogP contribution >= 0.6 is 0 Å². The summed E-state index contributed by atoms with van der Waals surface area (Å²) in [4.78, 5) is 26.8. The van der Waals surface area contributed by atoms with Crippen LogP contribution in [0.5, 0.6) is 0 Å². The van der Waals surface area contributed by atoms with Crippen molar-refractivity contribution < 1.29 is 22.9 Å². The normalized spacial score (nSPS) is 11.2. The Bertz CT molecular complexity index is 1020. The molecule has 7 nitrogen and oxygen atoms in total. The fourth-order valence-electron chi connectivity index (χ4n) is 2.57. The molecule has 0 fully saturated rings. The van der Waals surface area contributed by atoms with Gasteiger partial charge in [0.1, 0.15) is 5.69 Å². The van der Waals surface area contributed by atoms with E-state index < -0.39 is 22.6 Å². The molecule has 1 N–H and O–H groups in total. The van der Waals surface area contributed by atoms with Crippen LogP contribution in [0.1, 0.15) is 21.5 Å². The number of nitrogens with one attached hydrogen (secondary N) is 1. The topological polar surface area (TPSA) is 90.1 Å². The molecule has 0 bridgehead atoms. The molecule has 0 atom stereocenters. The minimum absolute atomic E-state index is 0.0162. The van der Waals surface area contributed by atoms with Gasteiger partial charge in [0, 0.05) is 30.6 Å². The van der Waals surface area contributed by atoms with Gasteiger partial charge in [-0.3, -0.25) is 14.9 Å². The zero-order valence-electron chi connectivity index (χ0n) is 14.2. The van der Waals surface area contributed by atoms with E-state index in [0.29, 0.717) is 0 Å². The summed E-state index contributed by atoms with van der Waals surface area (Å²) in [7, 11) is 0. The third kappa shape index (κ3) is 4.17. The van der Waals surface area contributed by atoms with Gasteiger partial charge in [0.25, 0.3) is 11.6 Å². The summed E-state index contributed by atoms with van der Waals surface area (Å²) in [6.45, 7) is -0.153. The second kappa shape index (κ2) is 7.51. The molecule has 0 unspecified atom stereocenters. The van der Waals surface area contributed by atoms with Crippen molar-refractivity contribution in [2.24, 2.45) is 0 Å². The van der Waals surface area contributed by atoms with Crippen LogP contribution in [0, 0.1) is 10.1 Å². The Kier molecular flexibility index (Phi) is 5.12. The van der Waals surface area contributed by atoms with Crippen molar-refractivity contribution in [2.75, 3.05) is 0 Å². The van der Waals surface area contributed by atoms with Crippen molar-refractivity contribution in [3.63, 3.8) is 0 Å². The quantitative estimate of drug-likeness (QED) is 0.531. The lowest BCUT2D eigenvalue weighted by atomic mass is 10.1. The zero-order chi connectivity index (χ0) is 20.3. The number of hydrogen-bond acceptors (Lipinski definition) is 4. The van der Waals surface area contributed by atoms with Crippen LogP contribution in [-0.2, 0) is 12.7 Å². The predicted molar refractivity (Wildman–Crippen MR) is 92.8 cm³/mol. The number of alkyl halides is 3. The molecule has 28 heavy (non-hydrogen) atoms. The minimum Gasteiger partial charge on any atom is -0.348 e. The van der Waals surface area contributed by atoms with Gasteiger partial charge >= 0.3 is 6.18 Å². The summed E-state index contributed by atoms with van der Waals surface area (Å²) in [6, 6.07) is 8.46. The highest BCUT2D eigenvalue weighted by Gasteiger charge is 2.30. The van der Waals surface area contributed by atoms with E-state index in [1.54, 1.807) is 0 Å². The van der Waals surface area contributed by atoms with E-state index in [1.165, 1.54) is 47.6 Å². The summed E-state index contributed by atoms with van der Waals surface area (Å²) >= 11 is 0. The third-order valence-electron chi connectivity index (χ3n) is 3.92. The van der Waals surface area contributed by atoms with E-state index in [1.807, 2.05) is 0 Å². The molecule has 3 aromatic rings. The number of hydrogen-bond donors (Lipinski definition) is 1. The van der Waals surface area contributed by atoms with Crippen molar-refractivity contribution >= 4 is 11.6 Å². The van der Waals surface area contributed by atoms with E-state index in [4.69, 9.17) is 0 Å². The van der Waals surface area contributed by atoms with Crippen LogP contribution in [-0.4, -0.2) is 20.4 Å². The molecule has 0 aliphatic carbocycles. The summed E-state index contributed by atoms with van der Waals surface area (Å²) < 4.78 is 39.7. The standard InChI is InChI=1S/C18H13F3N4O3/c19-18(20,21)14-3-1-2-12(8-14)10-23-17(26)13-4-5-15(16(9-13)25(27)28)24-7-6-22-11-24/h1-9,11H,10H2,(H,23,26). The summed E-state index contributed by atoms with van der Waals surface area (Å²) in [6.07, 6.45) is -0.116. The highest BCUT2D eigenvalue weighted by molar-refractivity contribution is 5.95. The number of nitro groups is 1. The number of imidazole rings is 1. The van der Waals surface area contributed by atoms with Gasteiger partial charge in [-0.25, -0.2) is 4.98 Å². The Morgan fingerprint density at radius 3 is 2.64 bits per heavy atom.